The van der Waals surface area contributed by atoms with Crippen LogP contribution in [0.1, 0.15) is 11.1 Å². The smallest absolute Gasteiger partial charge is 0.356 e. The Kier molecular flexibility index (Phi) is 4.09. The van der Waals surface area contributed by atoms with E-state index in [0.29, 0.717) is 5.56 Å². The van der Waals surface area contributed by atoms with Gasteiger partial charge in [0.1, 0.15) is 0 Å². The average Bonchev–Trinajstić information content (AvgIpc) is 2.94. The maximum Gasteiger partial charge on any atom is 0.416 e. The molecular weight excluding hydrogens is 335 g/mol. The molecule has 0 amide bonds. The van der Waals surface area contributed by atoms with Crippen LogP contribution in [0, 0.1) is 6.92 Å². The normalized spacial score (nSPS) is 11.7. The van der Waals surface area contributed by atoms with Crippen molar-refractivity contribution in [2.45, 2.75) is 13.1 Å². The molecular formula is C18H14F3NOS. The highest BCUT2D eigenvalue weighted by molar-refractivity contribution is 7.13. The summed E-state index contributed by atoms with van der Waals surface area (Å²) in [6.07, 6.45) is -1.17. The van der Waals surface area contributed by atoms with Crippen molar-refractivity contribution >= 4 is 11.3 Å². The summed E-state index contributed by atoms with van der Waals surface area (Å²) >= 11 is 1.44. The Balaban J connectivity index is 2.22. The van der Waals surface area contributed by atoms with Gasteiger partial charge in [-0.2, -0.15) is 13.2 Å². The van der Waals surface area contributed by atoms with Crippen LogP contribution in [0.2, 0.25) is 0 Å². The molecule has 2 heterocycles. The van der Waals surface area contributed by atoms with Gasteiger partial charge in [-0.3, -0.25) is 4.79 Å². The number of pyridine rings is 1. The number of aromatic nitrogens is 1. The molecule has 0 fully saturated rings. The number of hydrogen-bond donors (Lipinski definition) is 0. The lowest BCUT2D eigenvalue weighted by atomic mass is 10.0. The van der Waals surface area contributed by atoms with E-state index >= 15 is 0 Å². The highest BCUT2D eigenvalue weighted by atomic mass is 32.1. The number of benzene rings is 1. The topological polar surface area (TPSA) is 22.0 Å². The number of thiophene rings is 1. The van der Waals surface area contributed by atoms with E-state index in [9.17, 15) is 18.0 Å². The molecule has 124 valence electrons. The third-order valence-corrected chi connectivity index (χ3v) is 4.81. The van der Waals surface area contributed by atoms with Crippen LogP contribution < -0.4 is 5.43 Å². The second kappa shape index (κ2) is 5.94. The number of alkyl halides is 3. The van der Waals surface area contributed by atoms with Crippen molar-refractivity contribution in [2.75, 3.05) is 0 Å². The largest absolute Gasteiger partial charge is 0.416 e. The summed E-state index contributed by atoms with van der Waals surface area (Å²) in [5.74, 6) is 0. The molecule has 0 N–H and O–H groups in total. The van der Waals surface area contributed by atoms with Crippen molar-refractivity contribution in [2.24, 2.45) is 7.05 Å². The van der Waals surface area contributed by atoms with Crippen molar-refractivity contribution in [3.05, 3.63) is 69.5 Å². The van der Waals surface area contributed by atoms with Crippen LogP contribution in [0.3, 0.4) is 0 Å². The molecule has 1 aromatic carbocycles. The highest BCUT2D eigenvalue weighted by Gasteiger charge is 2.30. The number of halogens is 3. The van der Waals surface area contributed by atoms with Gasteiger partial charge in [0.2, 0.25) is 0 Å². The molecule has 0 aliphatic rings. The van der Waals surface area contributed by atoms with Crippen LogP contribution in [0.25, 0.3) is 21.6 Å². The van der Waals surface area contributed by atoms with Crippen molar-refractivity contribution in [3.63, 3.8) is 0 Å². The fourth-order valence-electron chi connectivity index (χ4n) is 2.59. The van der Waals surface area contributed by atoms with Crippen LogP contribution in [0.4, 0.5) is 13.2 Å². The van der Waals surface area contributed by atoms with Gasteiger partial charge in [-0.25, -0.2) is 0 Å². The second-order valence-corrected chi connectivity index (χ2v) is 6.51. The van der Waals surface area contributed by atoms with E-state index in [1.54, 1.807) is 24.0 Å². The van der Waals surface area contributed by atoms with Crippen molar-refractivity contribution in [1.29, 1.82) is 0 Å². The summed E-state index contributed by atoms with van der Waals surface area (Å²) in [5.41, 5.74) is 0.964. The van der Waals surface area contributed by atoms with E-state index in [1.807, 2.05) is 18.4 Å². The second-order valence-electron chi connectivity index (χ2n) is 5.59. The molecule has 0 atom stereocenters. The zero-order valence-corrected chi connectivity index (χ0v) is 13.8. The lowest BCUT2D eigenvalue weighted by Crippen LogP contribution is -2.12. The molecule has 24 heavy (non-hydrogen) atoms. The van der Waals surface area contributed by atoms with Gasteiger partial charge in [0.05, 0.1) is 11.1 Å². The minimum absolute atomic E-state index is 0.258. The van der Waals surface area contributed by atoms with Crippen LogP contribution >= 0.6 is 11.3 Å². The Bertz CT molecular complexity index is 953. The van der Waals surface area contributed by atoms with Gasteiger partial charge < -0.3 is 4.57 Å². The van der Waals surface area contributed by atoms with Gasteiger partial charge in [0.15, 0.2) is 5.43 Å². The fraction of sp³-hybridized carbons (Fsp3) is 0.167. The lowest BCUT2D eigenvalue weighted by molar-refractivity contribution is -0.137. The molecule has 0 radical (unpaired) electrons. The summed E-state index contributed by atoms with van der Waals surface area (Å²) in [4.78, 5) is 13.7. The van der Waals surface area contributed by atoms with Crippen molar-refractivity contribution in [1.82, 2.24) is 4.57 Å². The number of aryl methyl sites for hydroxylation is 2. The Morgan fingerprint density at radius 1 is 1.08 bits per heavy atom. The predicted octanol–water partition coefficient (Wildman–Crippen LogP) is 5.11. The van der Waals surface area contributed by atoms with Gasteiger partial charge >= 0.3 is 6.18 Å². The fourth-order valence-corrected chi connectivity index (χ4v) is 3.52. The first-order valence-electron chi connectivity index (χ1n) is 7.20. The summed E-state index contributed by atoms with van der Waals surface area (Å²) in [6.45, 7) is 1.90. The molecule has 0 spiro atoms. The maximum atomic E-state index is 12.9. The Morgan fingerprint density at radius 3 is 2.42 bits per heavy atom. The van der Waals surface area contributed by atoms with Crippen molar-refractivity contribution < 1.29 is 13.2 Å². The highest BCUT2D eigenvalue weighted by Crippen LogP contribution is 2.32. The quantitative estimate of drug-likeness (QED) is 0.630. The minimum Gasteiger partial charge on any atom is -0.356 e. The number of hydrogen-bond acceptors (Lipinski definition) is 2. The van der Waals surface area contributed by atoms with E-state index in [2.05, 4.69) is 0 Å². The number of nitrogens with zero attached hydrogens (tertiary/aromatic N) is 1. The molecule has 0 saturated carbocycles. The molecule has 0 aliphatic heterocycles. The van der Waals surface area contributed by atoms with Crippen LogP contribution in [0.5, 0.6) is 0 Å². The first-order chi connectivity index (χ1) is 11.3. The van der Waals surface area contributed by atoms with E-state index < -0.39 is 11.7 Å². The standard InChI is InChI=1S/C18H14F3NOS/c1-11-6-7-24-17(11)15-10-22(2)9-14(16(15)23)12-4-3-5-13(8-12)18(19,20)21/h3-10H,1-2H3. The molecule has 0 aliphatic carbocycles. The van der Waals surface area contributed by atoms with Gasteiger partial charge in [0.25, 0.3) is 0 Å². The van der Waals surface area contributed by atoms with E-state index in [4.69, 9.17) is 0 Å². The Morgan fingerprint density at radius 2 is 1.79 bits per heavy atom. The monoisotopic (exact) mass is 349 g/mol. The summed E-state index contributed by atoms with van der Waals surface area (Å²) in [7, 11) is 1.75. The average molecular weight is 349 g/mol. The van der Waals surface area contributed by atoms with Gasteiger partial charge in [-0.15, -0.1) is 11.3 Å². The maximum absolute atomic E-state index is 12.9. The SMILES string of the molecule is Cc1ccsc1-c1cn(C)cc(-c2cccc(C(F)(F)F)c2)c1=O. The van der Waals surface area contributed by atoms with E-state index in [1.165, 1.54) is 23.5 Å². The van der Waals surface area contributed by atoms with Crippen LogP contribution in [0.15, 0.2) is 52.9 Å². The third-order valence-electron chi connectivity index (χ3n) is 3.76. The Hall–Kier alpha value is -2.34. The first-order valence-corrected chi connectivity index (χ1v) is 8.07. The van der Waals surface area contributed by atoms with E-state index in [0.717, 1.165) is 22.6 Å². The Labute approximate surface area is 140 Å². The first kappa shape index (κ1) is 16.5. The molecule has 2 nitrogen and oxygen atoms in total. The summed E-state index contributed by atoms with van der Waals surface area (Å²) in [6, 6.07) is 6.77. The van der Waals surface area contributed by atoms with Gasteiger partial charge in [0, 0.05) is 29.9 Å². The summed E-state index contributed by atoms with van der Waals surface area (Å²) in [5, 5.41) is 1.89. The van der Waals surface area contributed by atoms with Crippen molar-refractivity contribution in [3.8, 4) is 21.6 Å². The zero-order valence-electron chi connectivity index (χ0n) is 13.0. The van der Waals surface area contributed by atoms with Crippen LogP contribution in [-0.2, 0) is 13.2 Å². The summed E-state index contributed by atoms with van der Waals surface area (Å²) < 4.78 is 40.5. The number of rotatable bonds is 2. The molecule has 0 saturated heterocycles. The van der Waals surface area contributed by atoms with Gasteiger partial charge in [-0.1, -0.05) is 12.1 Å². The molecule has 0 bridgehead atoms. The molecule has 3 aromatic rings. The molecule has 6 heteroatoms. The lowest BCUT2D eigenvalue weighted by Gasteiger charge is -2.11. The molecule has 3 rings (SSSR count). The molecule has 0 unspecified atom stereocenters. The van der Waals surface area contributed by atoms with Crippen LogP contribution in [-0.4, -0.2) is 4.57 Å². The van der Waals surface area contributed by atoms with E-state index in [-0.39, 0.29) is 16.6 Å². The molecule has 2 aromatic heterocycles. The predicted molar refractivity (Wildman–Crippen MR) is 90.2 cm³/mol. The minimum atomic E-state index is -4.44. The third kappa shape index (κ3) is 3.01. The van der Waals surface area contributed by atoms with Gasteiger partial charge in [-0.05, 0) is 41.6 Å². The zero-order chi connectivity index (χ0) is 17.5.